The summed E-state index contributed by atoms with van der Waals surface area (Å²) in [6.07, 6.45) is 2.26. The van der Waals surface area contributed by atoms with E-state index >= 15 is 0 Å². The summed E-state index contributed by atoms with van der Waals surface area (Å²) in [7, 11) is 0. The second kappa shape index (κ2) is 5.63. The number of rotatable bonds is 3. The van der Waals surface area contributed by atoms with Crippen molar-refractivity contribution >= 4 is 40.7 Å². The molecule has 2 nitrogen and oxygen atoms in total. The molecule has 0 saturated carbocycles. The van der Waals surface area contributed by atoms with E-state index in [2.05, 4.69) is 21.8 Å². The Morgan fingerprint density at radius 1 is 1.57 bits per heavy atom. The Hall–Kier alpha value is -0.190. The van der Waals surface area contributed by atoms with Crippen molar-refractivity contribution < 1.29 is 0 Å². The van der Waals surface area contributed by atoms with Crippen LogP contribution in [-0.4, -0.2) is 17.0 Å². The first-order valence-electron chi connectivity index (χ1n) is 4.32. The predicted octanol–water partition coefficient (Wildman–Crippen LogP) is 2.53. The third-order valence-electron chi connectivity index (χ3n) is 2.08. The van der Waals surface area contributed by atoms with Gasteiger partial charge in [0.25, 0.3) is 0 Å². The summed E-state index contributed by atoms with van der Waals surface area (Å²) in [6, 6.07) is 2.63. The molecule has 0 radical (unpaired) electrons. The van der Waals surface area contributed by atoms with E-state index in [1.54, 1.807) is 23.1 Å². The molecule has 0 aliphatic carbocycles. The second-order valence-electron chi connectivity index (χ2n) is 3.10. The Balaban J connectivity index is 0.000000980. The van der Waals surface area contributed by atoms with Crippen molar-refractivity contribution in [2.24, 2.45) is 10.7 Å². The predicted molar refractivity (Wildman–Crippen MR) is 67.8 cm³/mol. The normalized spacial score (nSPS) is 20.3. The maximum Gasteiger partial charge on any atom is 0.154 e. The van der Waals surface area contributed by atoms with Gasteiger partial charge in [0.1, 0.15) is 0 Å². The summed E-state index contributed by atoms with van der Waals surface area (Å²) in [5, 5.41) is 5.08. The van der Waals surface area contributed by atoms with Gasteiger partial charge in [0.15, 0.2) is 5.17 Å². The Bertz CT molecular complexity index is 298. The fourth-order valence-corrected chi connectivity index (χ4v) is 2.88. The number of aliphatic imine (C=N–C) groups is 1. The molecule has 1 aromatic rings. The molecule has 1 aliphatic rings. The standard InChI is InChI=1S/C9H12N2S2.ClH/c10-9-11-8(6-13-9)2-1-7-3-4-12-5-7;/h3-5,8H,1-2,6H2,(H2,10,11);1H/t8-;/m1./s1. The number of nitrogens with zero attached hydrogens (tertiary/aromatic N) is 1. The monoisotopic (exact) mass is 248 g/mol. The van der Waals surface area contributed by atoms with Gasteiger partial charge in [-0.3, -0.25) is 4.99 Å². The van der Waals surface area contributed by atoms with E-state index in [-0.39, 0.29) is 12.4 Å². The molecule has 14 heavy (non-hydrogen) atoms. The third-order valence-corrected chi connectivity index (χ3v) is 3.76. The van der Waals surface area contributed by atoms with Crippen LogP contribution in [0.5, 0.6) is 0 Å². The first-order chi connectivity index (χ1) is 6.34. The molecule has 0 fully saturated rings. The molecule has 1 atom stereocenters. The van der Waals surface area contributed by atoms with Gasteiger partial charge in [0, 0.05) is 5.75 Å². The minimum Gasteiger partial charge on any atom is -0.379 e. The Kier molecular flexibility index (Phi) is 4.78. The van der Waals surface area contributed by atoms with Crippen LogP contribution >= 0.6 is 35.5 Å². The molecule has 2 rings (SSSR count). The van der Waals surface area contributed by atoms with E-state index in [0.29, 0.717) is 6.04 Å². The lowest BCUT2D eigenvalue weighted by molar-refractivity contribution is 0.685. The summed E-state index contributed by atoms with van der Waals surface area (Å²) < 4.78 is 0. The first kappa shape index (κ1) is 11.9. The molecule has 0 spiro atoms. The average Bonchev–Trinajstić information content (AvgIpc) is 2.71. The van der Waals surface area contributed by atoms with Gasteiger partial charge in [-0.15, -0.1) is 12.4 Å². The van der Waals surface area contributed by atoms with Gasteiger partial charge in [-0.2, -0.15) is 11.3 Å². The fourth-order valence-electron chi connectivity index (χ4n) is 1.35. The summed E-state index contributed by atoms with van der Waals surface area (Å²) in [5.74, 6) is 1.07. The van der Waals surface area contributed by atoms with Crippen molar-refractivity contribution in [1.29, 1.82) is 0 Å². The van der Waals surface area contributed by atoms with Gasteiger partial charge >= 0.3 is 0 Å². The minimum absolute atomic E-state index is 0. The van der Waals surface area contributed by atoms with Gasteiger partial charge in [-0.25, -0.2) is 0 Å². The molecule has 2 N–H and O–H groups in total. The van der Waals surface area contributed by atoms with Crippen LogP contribution in [0.3, 0.4) is 0 Å². The van der Waals surface area contributed by atoms with Crippen LogP contribution in [0.25, 0.3) is 0 Å². The van der Waals surface area contributed by atoms with Crippen molar-refractivity contribution in [2.75, 3.05) is 5.75 Å². The Morgan fingerprint density at radius 3 is 3.00 bits per heavy atom. The van der Waals surface area contributed by atoms with E-state index < -0.39 is 0 Å². The van der Waals surface area contributed by atoms with E-state index in [1.165, 1.54) is 5.56 Å². The van der Waals surface area contributed by atoms with Gasteiger partial charge in [-0.1, -0.05) is 11.8 Å². The largest absolute Gasteiger partial charge is 0.379 e. The topological polar surface area (TPSA) is 38.4 Å². The molecule has 78 valence electrons. The molecule has 0 bridgehead atoms. The van der Waals surface area contributed by atoms with Gasteiger partial charge in [0.05, 0.1) is 6.04 Å². The van der Waals surface area contributed by atoms with Crippen LogP contribution in [0.4, 0.5) is 0 Å². The van der Waals surface area contributed by atoms with Crippen molar-refractivity contribution in [1.82, 2.24) is 0 Å². The minimum atomic E-state index is 0. The molecule has 0 saturated heterocycles. The maximum atomic E-state index is 5.59. The molecule has 0 amide bonds. The lowest BCUT2D eigenvalue weighted by Crippen LogP contribution is -2.05. The maximum absolute atomic E-state index is 5.59. The summed E-state index contributed by atoms with van der Waals surface area (Å²) in [5.41, 5.74) is 7.02. The zero-order valence-electron chi connectivity index (χ0n) is 7.68. The third kappa shape index (κ3) is 3.19. The second-order valence-corrected chi connectivity index (χ2v) is 4.92. The molecular formula is C9H13ClN2S2. The van der Waals surface area contributed by atoms with E-state index in [0.717, 1.165) is 23.8 Å². The highest BCUT2D eigenvalue weighted by molar-refractivity contribution is 8.14. The van der Waals surface area contributed by atoms with Gasteiger partial charge in [-0.05, 0) is 35.2 Å². The van der Waals surface area contributed by atoms with E-state index in [1.807, 2.05) is 0 Å². The number of amidine groups is 1. The fraction of sp³-hybridized carbons (Fsp3) is 0.444. The summed E-state index contributed by atoms with van der Waals surface area (Å²) in [4.78, 5) is 4.35. The van der Waals surface area contributed by atoms with Crippen LogP contribution in [0.1, 0.15) is 12.0 Å². The van der Waals surface area contributed by atoms with Crippen LogP contribution in [0.2, 0.25) is 0 Å². The van der Waals surface area contributed by atoms with Crippen molar-refractivity contribution in [3.8, 4) is 0 Å². The molecule has 2 heterocycles. The first-order valence-corrected chi connectivity index (χ1v) is 6.24. The molecule has 1 aromatic heterocycles. The Labute approximate surface area is 98.4 Å². The number of thiophene rings is 1. The molecule has 0 unspecified atom stereocenters. The number of halogens is 1. The Morgan fingerprint density at radius 2 is 2.43 bits per heavy atom. The molecule has 0 aromatic carbocycles. The lowest BCUT2D eigenvalue weighted by Gasteiger charge is -2.02. The zero-order chi connectivity index (χ0) is 9.10. The van der Waals surface area contributed by atoms with Crippen LogP contribution in [0.15, 0.2) is 21.8 Å². The SMILES string of the molecule is Cl.NC1=N[C@H](CCc2ccsc2)CS1. The highest BCUT2D eigenvalue weighted by Crippen LogP contribution is 2.19. The van der Waals surface area contributed by atoms with Crippen molar-refractivity contribution in [3.63, 3.8) is 0 Å². The van der Waals surface area contributed by atoms with Gasteiger partial charge < -0.3 is 5.73 Å². The van der Waals surface area contributed by atoms with Crippen LogP contribution in [0, 0.1) is 0 Å². The van der Waals surface area contributed by atoms with E-state index in [4.69, 9.17) is 5.73 Å². The van der Waals surface area contributed by atoms with Crippen molar-refractivity contribution in [2.45, 2.75) is 18.9 Å². The van der Waals surface area contributed by atoms with Gasteiger partial charge in [0.2, 0.25) is 0 Å². The molecule has 5 heteroatoms. The highest BCUT2D eigenvalue weighted by Gasteiger charge is 2.15. The number of hydrogen-bond donors (Lipinski definition) is 1. The zero-order valence-corrected chi connectivity index (χ0v) is 10.1. The number of aryl methyl sites for hydroxylation is 1. The molecular weight excluding hydrogens is 236 g/mol. The molecule has 1 aliphatic heterocycles. The van der Waals surface area contributed by atoms with E-state index in [9.17, 15) is 0 Å². The number of thioether (sulfide) groups is 1. The summed E-state index contributed by atoms with van der Waals surface area (Å²) in [6.45, 7) is 0. The average molecular weight is 249 g/mol. The lowest BCUT2D eigenvalue weighted by atomic mass is 10.1. The van der Waals surface area contributed by atoms with Crippen LogP contribution < -0.4 is 5.73 Å². The highest BCUT2D eigenvalue weighted by atomic mass is 35.5. The summed E-state index contributed by atoms with van der Waals surface area (Å²) >= 11 is 3.43. The smallest absolute Gasteiger partial charge is 0.154 e. The quantitative estimate of drug-likeness (QED) is 0.893. The number of hydrogen-bond acceptors (Lipinski definition) is 4. The van der Waals surface area contributed by atoms with Crippen molar-refractivity contribution in [3.05, 3.63) is 22.4 Å². The van der Waals surface area contributed by atoms with Crippen LogP contribution in [-0.2, 0) is 6.42 Å². The number of nitrogens with two attached hydrogens (primary N) is 1.